The second-order valence-electron chi connectivity index (χ2n) is 4.06. The summed E-state index contributed by atoms with van der Waals surface area (Å²) < 4.78 is 38.2. The molecule has 1 unspecified atom stereocenters. The molecule has 0 aliphatic carbocycles. The molecule has 0 amide bonds. The van der Waals surface area contributed by atoms with Gasteiger partial charge < -0.3 is 4.98 Å². The molecule has 0 fully saturated rings. The predicted octanol–water partition coefficient (Wildman–Crippen LogP) is 2.18. The number of aromatic amines is 1. The van der Waals surface area contributed by atoms with Crippen LogP contribution in [0.1, 0.15) is 30.7 Å². The van der Waals surface area contributed by atoms with Crippen LogP contribution < -0.4 is 5.69 Å². The Morgan fingerprint density at radius 3 is 2.83 bits per heavy atom. The van der Waals surface area contributed by atoms with E-state index in [1.165, 1.54) is 12.4 Å². The number of nitrogens with zero attached hydrogens (tertiary/aromatic N) is 2. The molecule has 0 radical (unpaired) electrons. The van der Waals surface area contributed by atoms with E-state index in [1.54, 1.807) is 6.08 Å². The largest absolute Gasteiger partial charge is 0.406 e. The first kappa shape index (κ1) is 12.7. The molecule has 1 aliphatic heterocycles. The van der Waals surface area contributed by atoms with Gasteiger partial charge in [0.1, 0.15) is 6.54 Å². The molecule has 4 nitrogen and oxygen atoms in total. The molecule has 1 N–H and O–H groups in total. The smallest absolute Gasteiger partial charge is 0.304 e. The summed E-state index contributed by atoms with van der Waals surface area (Å²) in [7, 11) is 0. The van der Waals surface area contributed by atoms with E-state index < -0.39 is 18.4 Å². The molecule has 1 aliphatic rings. The Bertz CT molecular complexity index is 551. The standard InChI is InChI=1S/C11H12F3N3O/c1-2-7-3-4-15-5-8-9(7)17(10(18)16-8)6-11(12,13)14/h3-5,7H,2,6H2,1H3,(H,16,18). The van der Waals surface area contributed by atoms with Crippen molar-refractivity contribution in [3.63, 3.8) is 0 Å². The van der Waals surface area contributed by atoms with E-state index in [9.17, 15) is 18.0 Å². The summed E-state index contributed by atoms with van der Waals surface area (Å²) in [4.78, 5) is 17.9. The SMILES string of the molecule is CCC1C=CN=Cc2[nH]c(=O)n(CC(F)(F)F)c21. The average molecular weight is 259 g/mol. The number of alkyl halides is 3. The van der Waals surface area contributed by atoms with Crippen molar-refractivity contribution in [2.24, 2.45) is 4.99 Å². The van der Waals surface area contributed by atoms with E-state index >= 15 is 0 Å². The van der Waals surface area contributed by atoms with Gasteiger partial charge in [0.15, 0.2) is 0 Å². The number of allylic oxidation sites excluding steroid dienone is 1. The van der Waals surface area contributed by atoms with Gasteiger partial charge in [0.2, 0.25) is 0 Å². The fourth-order valence-corrected chi connectivity index (χ4v) is 2.03. The first-order valence-electron chi connectivity index (χ1n) is 5.51. The molecule has 0 saturated heterocycles. The number of aliphatic imine (C=N–C) groups is 1. The molecule has 1 aromatic rings. The van der Waals surface area contributed by atoms with Gasteiger partial charge in [-0.1, -0.05) is 13.0 Å². The Balaban J connectivity index is 2.55. The van der Waals surface area contributed by atoms with Crippen LogP contribution >= 0.6 is 0 Å². The quantitative estimate of drug-likeness (QED) is 0.869. The third kappa shape index (κ3) is 2.39. The molecule has 1 atom stereocenters. The molecular weight excluding hydrogens is 247 g/mol. The third-order valence-corrected chi connectivity index (χ3v) is 2.79. The Hall–Kier alpha value is -1.79. The number of imidazole rings is 1. The summed E-state index contributed by atoms with van der Waals surface area (Å²) in [5, 5.41) is 0. The number of fused-ring (bicyclic) bond motifs is 1. The molecule has 7 heteroatoms. The van der Waals surface area contributed by atoms with Crippen LogP contribution in [0, 0.1) is 0 Å². The highest BCUT2D eigenvalue weighted by molar-refractivity contribution is 5.80. The van der Waals surface area contributed by atoms with Crippen LogP contribution in [0.3, 0.4) is 0 Å². The molecular formula is C11H12F3N3O. The van der Waals surface area contributed by atoms with E-state index in [0.29, 0.717) is 17.8 Å². The summed E-state index contributed by atoms with van der Waals surface area (Å²) in [5.74, 6) is -0.246. The number of rotatable bonds is 2. The van der Waals surface area contributed by atoms with Crippen LogP contribution in [0.2, 0.25) is 0 Å². The zero-order chi connectivity index (χ0) is 13.3. The summed E-state index contributed by atoms with van der Waals surface area (Å²) in [6.07, 6.45) is 0.774. The maximum atomic E-state index is 12.5. The second-order valence-corrected chi connectivity index (χ2v) is 4.06. The summed E-state index contributed by atoms with van der Waals surface area (Å²) in [5.41, 5.74) is -0.0593. The van der Waals surface area contributed by atoms with Gasteiger partial charge in [-0.3, -0.25) is 9.56 Å². The van der Waals surface area contributed by atoms with Gasteiger partial charge in [-0.05, 0) is 6.42 Å². The lowest BCUT2D eigenvalue weighted by Gasteiger charge is -2.15. The van der Waals surface area contributed by atoms with E-state index in [1.807, 2.05) is 6.92 Å². The maximum absolute atomic E-state index is 12.5. The monoisotopic (exact) mass is 259 g/mol. The predicted molar refractivity (Wildman–Crippen MR) is 60.9 cm³/mol. The molecule has 0 bridgehead atoms. The van der Waals surface area contributed by atoms with Gasteiger partial charge in [-0.15, -0.1) is 0 Å². The van der Waals surface area contributed by atoms with E-state index in [4.69, 9.17) is 0 Å². The topological polar surface area (TPSA) is 50.1 Å². The fraction of sp³-hybridized carbons (Fsp3) is 0.455. The van der Waals surface area contributed by atoms with Gasteiger partial charge >= 0.3 is 11.9 Å². The second kappa shape index (κ2) is 4.47. The zero-order valence-electron chi connectivity index (χ0n) is 9.66. The minimum absolute atomic E-state index is 0.246. The van der Waals surface area contributed by atoms with Gasteiger partial charge in [-0.2, -0.15) is 13.2 Å². The van der Waals surface area contributed by atoms with Crippen molar-refractivity contribution in [1.29, 1.82) is 0 Å². The Morgan fingerprint density at radius 1 is 1.50 bits per heavy atom. The number of hydrogen-bond donors (Lipinski definition) is 1. The summed E-state index contributed by atoms with van der Waals surface area (Å²) in [6, 6.07) is 0. The number of nitrogens with one attached hydrogen (secondary N) is 1. The molecule has 98 valence electrons. The highest BCUT2D eigenvalue weighted by atomic mass is 19.4. The van der Waals surface area contributed by atoms with Gasteiger partial charge in [0.05, 0.1) is 17.6 Å². The average Bonchev–Trinajstić information content (AvgIpc) is 2.48. The number of hydrogen-bond acceptors (Lipinski definition) is 2. The van der Waals surface area contributed by atoms with Crippen molar-refractivity contribution >= 4 is 6.21 Å². The van der Waals surface area contributed by atoms with Crippen molar-refractivity contribution in [1.82, 2.24) is 9.55 Å². The van der Waals surface area contributed by atoms with Gasteiger partial charge in [-0.25, -0.2) is 4.79 Å². The van der Waals surface area contributed by atoms with Crippen LogP contribution in [-0.2, 0) is 6.54 Å². The Morgan fingerprint density at radius 2 is 2.22 bits per heavy atom. The lowest BCUT2D eigenvalue weighted by molar-refractivity contribution is -0.141. The molecule has 18 heavy (non-hydrogen) atoms. The summed E-state index contributed by atoms with van der Waals surface area (Å²) in [6.45, 7) is 0.565. The number of H-pyrrole nitrogens is 1. The van der Waals surface area contributed by atoms with Crippen LogP contribution in [-0.4, -0.2) is 21.9 Å². The van der Waals surface area contributed by atoms with E-state index in [0.717, 1.165) is 4.57 Å². The minimum atomic E-state index is -4.43. The molecule has 0 spiro atoms. The Kier molecular flexibility index (Phi) is 3.14. The lowest BCUT2D eigenvalue weighted by atomic mass is 10.0. The maximum Gasteiger partial charge on any atom is 0.406 e. The fourth-order valence-electron chi connectivity index (χ4n) is 2.03. The van der Waals surface area contributed by atoms with E-state index in [2.05, 4.69) is 9.98 Å². The van der Waals surface area contributed by atoms with E-state index in [-0.39, 0.29) is 5.92 Å². The number of aromatic nitrogens is 2. The van der Waals surface area contributed by atoms with Crippen molar-refractivity contribution in [3.8, 4) is 0 Å². The minimum Gasteiger partial charge on any atom is -0.304 e. The highest BCUT2D eigenvalue weighted by Crippen LogP contribution is 2.26. The molecule has 2 heterocycles. The Labute approximate surface area is 101 Å². The van der Waals surface area contributed by atoms with Gasteiger partial charge in [0, 0.05) is 12.1 Å². The van der Waals surface area contributed by atoms with Crippen molar-refractivity contribution in [2.45, 2.75) is 32.0 Å². The first-order chi connectivity index (χ1) is 8.42. The third-order valence-electron chi connectivity index (χ3n) is 2.79. The molecule has 2 rings (SSSR count). The van der Waals surface area contributed by atoms with Crippen LogP contribution in [0.4, 0.5) is 13.2 Å². The molecule has 0 saturated carbocycles. The number of halogens is 3. The van der Waals surface area contributed by atoms with Crippen molar-refractivity contribution in [3.05, 3.63) is 34.1 Å². The lowest BCUT2D eigenvalue weighted by Crippen LogP contribution is -2.28. The first-order valence-corrected chi connectivity index (χ1v) is 5.51. The van der Waals surface area contributed by atoms with Crippen LogP contribution in [0.15, 0.2) is 22.1 Å². The van der Waals surface area contributed by atoms with Gasteiger partial charge in [0.25, 0.3) is 0 Å². The molecule has 0 aromatic carbocycles. The van der Waals surface area contributed by atoms with Crippen molar-refractivity contribution < 1.29 is 13.2 Å². The van der Waals surface area contributed by atoms with Crippen LogP contribution in [0.25, 0.3) is 0 Å². The normalized spacial score (nSPS) is 18.8. The van der Waals surface area contributed by atoms with Crippen LogP contribution in [0.5, 0.6) is 0 Å². The molecule has 1 aromatic heterocycles. The highest BCUT2D eigenvalue weighted by Gasteiger charge is 2.32. The summed E-state index contributed by atoms with van der Waals surface area (Å²) >= 11 is 0. The zero-order valence-corrected chi connectivity index (χ0v) is 9.66. The van der Waals surface area contributed by atoms with Crippen molar-refractivity contribution in [2.75, 3.05) is 0 Å².